The first kappa shape index (κ1) is 19.8. The molecule has 0 atom stereocenters. The van der Waals surface area contributed by atoms with Crippen LogP contribution in [0.4, 0.5) is 14.5 Å². The molecule has 1 aromatic heterocycles. The summed E-state index contributed by atoms with van der Waals surface area (Å²) in [7, 11) is 1.66. The molecule has 0 aliphatic heterocycles. The number of nitriles is 1. The summed E-state index contributed by atoms with van der Waals surface area (Å²) in [5.74, 6) is -2.39. The number of hydrogen-bond acceptors (Lipinski definition) is 3. The molecule has 6 nitrogen and oxygen atoms in total. The minimum Gasteiger partial charge on any atom is -0.315 e. The number of aromatic nitrogens is 2. The van der Waals surface area contributed by atoms with Crippen molar-refractivity contribution in [3.63, 3.8) is 0 Å². The van der Waals surface area contributed by atoms with E-state index < -0.39 is 28.7 Å². The Kier molecular flexibility index (Phi) is 5.41. The van der Waals surface area contributed by atoms with Crippen LogP contribution < -0.4 is 10.9 Å². The van der Waals surface area contributed by atoms with Crippen LogP contribution in [0.15, 0.2) is 58.9 Å². The Hall–Kier alpha value is -3.99. The molecule has 0 aliphatic carbocycles. The molecule has 0 unspecified atom stereocenters. The third-order valence-corrected chi connectivity index (χ3v) is 4.42. The summed E-state index contributed by atoms with van der Waals surface area (Å²) in [6.45, 7) is 1.64. The van der Waals surface area contributed by atoms with E-state index in [1.807, 2.05) is 6.07 Å². The van der Waals surface area contributed by atoms with Crippen LogP contribution in [0.2, 0.25) is 0 Å². The van der Waals surface area contributed by atoms with Gasteiger partial charge in [0.1, 0.15) is 29.0 Å². The smallest absolute Gasteiger partial charge is 0.295 e. The predicted molar refractivity (Wildman–Crippen MR) is 104 cm³/mol. The van der Waals surface area contributed by atoms with Crippen molar-refractivity contribution in [2.45, 2.75) is 6.92 Å². The number of amides is 1. The summed E-state index contributed by atoms with van der Waals surface area (Å²) >= 11 is 0. The second kappa shape index (κ2) is 7.94. The van der Waals surface area contributed by atoms with Crippen molar-refractivity contribution in [3.05, 3.63) is 87.3 Å². The first-order chi connectivity index (χ1) is 13.8. The standard InChI is InChI=1S/C21H16F2N4O2/c1-13-19(21(29)27(26(13)2)17-6-4-3-5-7-17)25-20(28)15(12-24)10-14-11-16(22)8-9-18(14)23/h3-11H,1-2H3,(H,25,28)/b15-10+. The Morgan fingerprint density at radius 3 is 2.52 bits per heavy atom. The third kappa shape index (κ3) is 3.84. The average molecular weight is 394 g/mol. The summed E-state index contributed by atoms with van der Waals surface area (Å²) < 4.78 is 30.1. The molecule has 3 rings (SSSR count). The van der Waals surface area contributed by atoms with Gasteiger partial charge in [0.2, 0.25) is 0 Å². The number of carbonyl (C=O) groups excluding carboxylic acids is 1. The molecule has 2 aromatic carbocycles. The van der Waals surface area contributed by atoms with Crippen LogP contribution in [0.3, 0.4) is 0 Å². The minimum atomic E-state index is -0.901. The number of nitrogens with zero attached hydrogens (tertiary/aromatic N) is 3. The summed E-state index contributed by atoms with van der Waals surface area (Å²) in [5.41, 5.74) is -0.157. The normalized spacial score (nSPS) is 11.2. The molecule has 29 heavy (non-hydrogen) atoms. The van der Waals surface area contributed by atoms with E-state index in [1.54, 1.807) is 49.0 Å². The van der Waals surface area contributed by atoms with Crippen LogP contribution in [0.25, 0.3) is 11.8 Å². The van der Waals surface area contributed by atoms with Gasteiger partial charge in [-0.1, -0.05) is 18.2 Å². The van der Waals surface area contributed by atoms with Crippen LogP contribution in [0, 0.1) is 29.9 Å². The Morgan fingerprint density at radius 2 is 1.86 bits per heavy atom. The van der Waals surface area contributed by atoms with Gasteiger partial charge in [0, 0.05) is 12.6 Å². The van der Waals surface area contributed by atoms with Crippen molar-refractivity contribution in [1.29, 1.82) is 5.26 Å². The number of anilines is 1. The zero-order chi connectivity index (χ0) is 21.1. The molecule has 146 valence electrons. The average Bonchev–Trinajstić information content (AvgIpc) is 2.92. The first-order valence-electron chi connectivity index (χ1n) is 8.55. The molecule has 1 N–H and O–H groups in total. The number of nitrogens with one attached hydrogen (secondary N) is 1. The van der Waals surface area contributed by atoms with E-state index in [1.165, 1.54) is 4.68 Å². The summed E-state index contributed by atoms with van der Waals surface area (Å²) in [5, 5.41) is 11.7. The maximum absolute atomic E-state index is 13.8. The van der Waals surface area contributed by atoms with E-state index in [9.17, 15) is 23.6 Å². The van der Waals surface area contributed by atoms with Crippen molar-refractivity contribution >= 4 is 17.7 Å². The van der Waals surface area contributed by atoms with Crippen molar-refractivity contribution in [2.75, 3.05) is 5.32 Å². The quantitative estimate of drug-likeness (QED) is 0.545. The van der Waals surface area contributed by atoms with Gasteiger partial charge >= 0.3 is 0 Å². The first-order valence-corrected chi connectivity index (χ1v) is 8.55. The van der Waals surface area contributed by atoms with Gasteiger partial charge in [0.15, 0.2) is 0 Å². The minimum absolute atomic E-state index is 0.0118. The fraction of sp³-hybridized carbons (Fsp3) is 0.0952. The largest absolute Gasteiger partial charge is 0.315 e. The monoisotopic (exact) mass is 394 g/mol. The van der Waals surface area contributed by atoms with Gasteiger partial charge in [-0.2, -0.15) is 5.26 Å². The Labute approximate surface area is 164 Å². The molecule has 0 radical (unpaired) electrons. The number of benzene rings is 2. The van der Waals surface area contributed by atoms with Gasteiger partial charge in [0.05, 0.1) is 11.4 Å². The fourth-order valence-electron chi connectivity index (χ4n) is 2.82. The van der Waals surface area contributed by atoms with Crippen molar-refractivity contribution in [3.8, 4) is 11.8 Å². The molecule has 3 aromatic rings. The van der Waals surface area contributed by atoms with E-state index in [-0.39, 0.29) is 11.3 Å². The van der Waals surface area contributed by atoms with Gasteiger partial charge in [-0.05, 0) is 43.3 Å². The number of halogens is 2. The zero-order valence-corrected chi connectivity index (χ0v) is 15.6. The maximum atomic E-state index is 13.8. The second-order valence-electron chi connectivity index (χ2n) is 6.23. The van der Waals surface area contributed by atoms with E-state index in [0.29, 0.717) is 11.4 Å². The number of hydrogen-bond donors (Lipinski definition) is 1. The van der Waals surface area contributed by atoms with Gasteiger partial charge in [0.25, 0.3) is 11.5 Å². The summed E-state index contributed by atoms with van der Waals surface area (Å²) in [6.07, 6.45) is 0.932. The lowest BCUT2D eigenvalue weighted by Crippen LogP contribution is -2.23. The van der Waals surface area contributed by atoms with E-state index in [0.717, 1.165) is 24.3 Å². The highest BCUT2D eigenvalue weighted by atomic mass is 19.1. The lowest BCUT2D eigenvalue weighted by atomic mass is 10.1. The molecule has 8 heteroatoms. The van der Waals surface area contributed by atoms with Crippen molar-refractivity contribution in [2.24, 2.45) is 7.05 Å². The third-order valence-electron chi connectivity index (χ3n) is 4.42. The molecule has 1 amide bonds. The van der Waals surface area contributed by atoms with Crippen LogP contribution >= 0.6 is 0 Å². The second-order valence-corrected chi connectivity index (χ2v) is 6.23. The van der Waals surface area contributed by atoms with Crippen LogP contribution in [0.5, 0.6) is 0 Å². The van der Waals surface area contributed by atoms with Gasteiger partial charge in [-0.3, -0.25) is 14.3 Å². The molecule has 0 fully saturated rings. The van der Waals surface area contributed by atoms with E-state index in [4.69, 9.17) is 0 Å². The van der Waals surface area contributed by atoms with Gasteiger partial charge < -0.3 is 5.32 Å². The Bertz CT molecular complexity index is 1220. The van der Waals surface area contributed by atoms with Crippen LogP contribution in [0.1, 0.15) is 11.3 Å². The number of rotatable bonds is 4. The lowest BCUT2D eigenvalue weighted by Gasteiger charge is -2.07. The van der Waals surface area contributed by atoms with E-state index >= 15 is 0 Å². The van der Waals surface area contributed by atoms with E-state index in [2.05, 4.69) is 5.32 Å². The SMILES string of the molecule is Cc1c(NC(=O)/C(C#N)=C/c2cc(F)ccc2F)c(=O)n(-c2ccccc2)n1C. The maximum Gasteiger partial charge on any atom is 0.295 e. The van der Waals surface area contributed by atoms with Crippen LogP contribution in [-0.2, 0) is 11.8 Å². The highest BCUT2D eigenvalue weighted by Crippen LogP contribution is 2.17. The van der Waals surface area contributed by atoms with Gasteiger partial charge in [-0.15, -0.1) is 0 Å². The zero-order valence-electron chi connectivity index (χ0n) is 15.6. The fourth-order valence-corrected chi connectivity index (χ4v) is 2.82. The number of para-hydroxylation sites is 1. The molecule has 0 aliphatic rings. The molecule has 0 saturated heterocycles. The van der Waals surface area contributed by atoms with Crippen molar-refractivity contribution in [1.82, 2.24) is 9.36 Å². The lowest BCUT2D eigenvalue weighted by molar-refractivity contribution is -0.112. The Morgan fingerprint density at radius 1 is 1.17 bits per heavy atom. The van der Waals surface area contributed by atoms with Gasteiger partial charge in [-0.25, -0.2) is 13.5 Å². The highest BCUT2D eigenvalue weighted by molar-refractivity contribution is 6.09. The molecule has 0 saturated carbocycles. The predicted octanol–water partition coefficient (Wildman–Crippen LogP) is 3.31. The number of carbonyl (C=O) groups is 1. The highest BCUT2D eigenvalue weighted by Gasteiger charge is 2.20. The summed E-state index contributed by atoms with van der Waals surface area (Å²) in [6, 6.07) is 13.2. The van der Waals surface area contributed by atoms with Crippen molar-refractivity contribution < 1.29 is 13.6 Å². The van der Waals surface area contributed by atoms with Crippen LogP contribution in [-0.4, -0.2) is 15.3 Å². The summed E-state index contributed by atoms with van der Waals surface area (Å²) in [4.78, 5) is 25.4. The molecule has 1 heterocycles. The molecular weight excluding hydrogens is 378 g/mol. The molecule has 0 bridgehead atoms. The molecular formula is C21H16F2N4O2. The Balaban J connectivity index is 1.99. The topological polar surface area (TPSA) is 79.8 Å². The molecule has 0 spiro atoms.